The van der Waals surface area contributed by atoms with Crippen molar-refractivity contribution in [1.29, 1.82) is 0 Å². The van der Waals surface area contributed by atoms with E-state index in [1.807, 2.05) is 6.08 Å². The van der Waals surface area contributed by atoms with Gasteiger partial charge in [-0.15, -0.1) is 0 Å². The van der Waals surface area contributed by atoms with Crippen LogP contribution in [0, 0.1) is 12.8 Å². The molecule has 1 atom stereocenters. The predicted molar refractivity (Wildman–Crippen MR) is 73.3 cm³/mol. The number of carbonyl (C=O) groups is 2. The largest absolute Gasteiger partial charge is 0.465 e. The van der Waals surface area contributed by atoms with Gasteiger partial charge in [0.15, 0.2) is 5.13 Å². The van der Waals surface area contributed by atoms with Crippen LogP contribution < -0.4 is 5.32 Å². The van der Waals surface area contributed by atoms with Gasteiger partial charge in [-0.2, -0.15) is 0 Å². The number of nitrogens with zero attached hydrogens (tertiary/aromatic N) is 1. The van der Waals surface area contributed by atoms with E-state index in [0.29, 0.717) is 15.7 Å². The van der Waals surface area contributed by atoms with Gasteiger partial charge in [-0.3, -0.25) is 4.79 Å². The predicted octanol–water partition coefficient (Wildman–Crippen LogP) is 2.53. The lowest BCUT2D eigenvalue weighted by atomic mass is 9.94. The lowest BCUT2D eigenvalue weighted by Gasteiger charge is -2.15. The molecule has 1 aromatic rings. The van der Waals surface area contributed by atoms with Gasteiger partial charge >= 0.3 is 5.97 Å². The quantitative estimate of drug-likeness (QED) is 0.682. The Labute approximate surface area is 115 Å². The zero-order valence-electron chi connectivity index (χ0n) is 10.9. The molecule has 1 heterocycles. The number of aryl methyl sites for hydroxylation is 1. The van der Waals surface area contributed by atoms with Crippen LogP contribution in [0.25, 0.3) is 0 Å². The van der Waals surface area contributed by atoms with Crippen molar-refractivity contribution in [2.45, 2.75) is 26.2 Å². The minimum Gasteiger partial charge on any atom is -0.465 e. The van der Waals surface area contributed by atoms with Crippen LogP contribution in [0.5, 0.6) is 0 Å². The summed E-state index contributed by atoms with van der Waals surface area (Å²) in [7, 11) is 1.33. The SMILES string of the molecule is COC(=O)c1sc(NC(=O)C2CC=CCC2)nc1C. The first-order chi connectivity index (χ1) is 9.11. The molecule has 0 bridgehead atoms. The van der Waals surface area contributed by atoms with Crippen LogP contribution in [0.2, 0.25) is 0 Å². The molecule has 1 amide bonds. The number of nitrogens with one attached hydrogen (secondary N) is 1. The van der Waals surface area contributed by atoms with Gasteiger partial charge in [-0.25, -0.2) is 9.78 Å². The Morgan fingerprint density at radius 2 is 2.26 bits per heavy atom. The van der Waals surface area contributed by atoms with Crippen LogP contribution in [0.4, 0.5) is 5.13 Å². The minimum atomic E-state index is -0.420. The van der Waals surface area contributed by atoms with E-state index in [1.54, 1.807) is 6.92 Å². The summed E-state index contributed by atoms with van der Waals surface area (Å²) in [6, 6.07) is 0. The van der Waals surface area contributed by atoms with E-state index < -0.39 is 5.97 Å². The van der Waals surface area contributed by atoms with Crippen LogP contribution in [-0.4, -0.2) is 24.0 Å². The molecule has 0 saturated heterocycles. The molecule has 1 aromatic heterocycles. The van der Waals surface area contributed by atoms with Gasteiger partial charge in [0, 0.05) is 5.92 Å². The second-order valence-corrected chi connectivity index (χ2v) is 5.39. The first-order valence-corrected chi connectivity index (χ1v) is 6.95. The molecular formula is C13H16N2O3S. The minimum absolute atomic E-state index is 0.00390. The molecule has 2 rings (SSSR count). The molecule has 0 aromatic carbocycles. The first kappa shape index (κ1) is 13.7. The number of ether oxygens (including phenoxy) is 1. The normalized spacial score (nSPS) is 18.1. The van der Waals surface area contributed by atoms with E-state index in [2.05, 4.69) is 21.1 Å². The highest BCUT2D eigenvalue weighted by Gasteiger charge is 2.21. The van der Waals surface area contributed by atoms with E-state index >= 15 is 0 Å². The van der Waals surface area contributed by atoms with Gasteiger partial charge < -0.3 is 10.1 Å². The number of methoxy groups -OCH3 is 1. The van der Waals surface area contributed by atoms with Crippen LogP contribution in [-0.2, 0) is 9.53 Å². The molecule has 0 aliphatic heterocycles. The van der Waals surface area contributed by atoms with Gasteiger partial charge in [0.05, 0.1) is 12.8 Å². The molecule has 0 radical (unpaired) electrons. The third-order valence-corrected chi connectivity index (χ3v) is 4.09. The number of hydrogen-bond acceptors (Lipinski definition) is 5. The Hall–Kier alpha value is -1.69. The summed E-state index contributed by atoms with van der Waals surface area (Å²) < 4.78 is 4.66. The maximum absolute atomic E-state index is 12.0. The molecule has 1 N–H and O–H groups in total. The molecule has 102 valence electrons. The number of aromatic nitrogens is 1. The summed E-state index contributed by atoms with van der Waals surface area (Å²) in [5.74, 6) is -0.457. The van der Waals surface area contributed by atoms with Crippen LogP contribution in [0.3, 0.4) is 0 Å². The highest BCUT2D eigenvalue weighted by atomic mass is 32.1. The maximum atomic E-state index is 12.0. The monoisotopic (exact) mass is 280 g/mol. The zero-order chi connectivity index (χ0) is 13.8. The summed E-state index contributed by atoms with van der Waals surface area (Å²) >= 11 is 1.15. The molecule has 19 heavy (non-hydrogen) atoms. The van der Waals surface area contributed by atoms with Crippen LogP contribution >= 0.6 is 11.3 Å². The van der Waals surface area contributed by atoms with E-state index in [4.69, 9.17) is 0 Å². The topological polar surface area (TPSA) is 68.3 Å². The Balaban J connectivity index is 2.05. The fourth-order valence-electron chi connectivity index (χ4n) is 1.97. The van der Waals surface area contributed by atoms with Crippen molar-refractivity contribution in [3.63, 3.8) is 0 Å². The van der Waals surface area contributed by atoms with E-state index in [-0.39, 0.29) is 11.8 Å². The molecule has 0 fully saturated rings. The van der Waals surface area contributed by atoms with Gasteiger partial charge in [0.2, 0.25) is 5.91 Å². The lowest BCUT2D eigenvalue weighted by molar-refractivity contribution is -0.120. The molecule has 1 aliphatic carbocycles. The number of esters is 1. The number of carbonyl (C=O) groups excluding carboxylic acids is 2. The summed E-state index contributed by atoms with van der Waals surface area (Å²) in [6.45, 7) is 1.72. The summed E-state index contributed by atoms with van der Waals surface area (Å²) in [6.07, 6.45) is 6.67. The molecular weight excluding hydrogens is 264 g/mol. The summed E-state index contributed by atoms with van der Waals surface area (Å²) in [4.78, 5) is 28.1. The van der Waals surface area contributed by atoms with Crippen molar-refractivity contribution in [3.05, 3.63) is 22.7 Å². The van der Waals surface area contributed by atoms with E-state index in [1.165, 1.54) is 7.11 Å². The van der Waals surface area contributed by atoms with E-state index in [9.17, 15) is 9.59 Å². The number of allylic oxidation sites excluding steroid dienone is 2. The smallest absolute Gasteiger partial charge is 0.350 e. The van der Waals surface area contributed by atoms with Crippen molar-refractivity contribution in [3.8, 4) is 0 Å². The number of hydrogen-bond donors (Lipinski definition) is 1. The third kappa shape index (κ3) is 3.20. The van der Waals surface area contributed by atoms with Crippen LogP contribution in [0.1, 0.15) is 34.6 Å². The summed E-state index contributed by atoms with van der Waals surface area (Å²) in [5, 5.41) is 3.23. The Morgan fingerprint density at radius 1 is 1.47 bits per heavy atom. The summed E-state index contributed by atoms with van der Waals surface area (Å²) in [5.41, 5.74) is 0.579. The number of amides is 1. The maximum Gasteiger partial charge on any atom is 0.350 e. The number of anilines is 1. The lowest BCUT2D eigenvalue weighted by Crippen LogP contribution is -2.23. The molecule has 0 saturated carbocycles. The Morgan fingerprint density at radius 3 is 2.89 bits per heavy atom. The molecule has 1 aliphatic rings. The van der Waals surface area contributed by atoms with Crippen LogP contribution in [0.15, 0.2) is 12.2 Å². The van der Waals surface area contributed by atoms with Gasteiger partial charge in [0.25, 0.3) is 0 Å². The fourth-order valence-corrected chi connectivity index (χ4v) is 2.86. The van der Waals surface area contributed by atoms with Crippen molar-refractivity contribution >= 4 is 28.3 Å². The standard InChI is InChI=1S/C13H16N2O3S/c1-8-10(12(17)18-2)19-13(14-8)15-11(16)9-6-4-3-5-7-9/h3-4,9H,5-7H2,1-2H3,(H,14,15,16). The fraction of sp³-hybridized carbons (Fsp3) is 0.462. The Bertz CT molecular complexity index is 522. The highest BCUT2D eigenvalue weighted by Crippen LogP contribution is 2.25. The van der Waals surface area contributed by atoms with Gasteiger partial charge in [-0.05, 0) is 26.2 Å². The van der Waals surface area contributed by atoms with Crippen molar-refractivity contribution < 1.29 is 14.3 Å². The van der Waals surface area contributed by atoms with Crippen molar-refractivity contribution in [2.75, 3.05) is 12.4 Å². The second-order valence-electron chi connectivity index (χ2n) is 4.40. The average Bonchev–Trinajstić information content (AvgIpc) is 2.79. The van der Waals surface area contributed by atoms with Crippen molar-refractivity contribution in [1.82, 2.24) is 4.98 Å². The second kappa shape index (κ2) is 5.97. The van der Waals surface area contributed by atoms with Gasteiger partial charge in [0.1, 0.15) is 4.88 Å². The van der Waals surface area contributed by atoms with Gasteiger partial charge in [-0.1, -0.05) is 23.5 Å². The Kier molecular flexibility index (Phi) is 4.31. The molecule has 6 heteroatoms. The molecule has 0 spiro atoms. The number of rotatable bonds is 3. The number of thiazole rings is 1. The van der Waals surface area contributed by atoms with Crippen molar-refractivity contribution in [2.24, 2.45) is 5.92 Å². The highest BCUT2D eigenvalue weighted by molar-refractivity contribution is 7.17. The van der Waals surface area contributed by atoms with E-state index in [0.717, 1.165) is 30.6 Å². The molecule has 1 unspecified atom stereocenters. The third-order valence-electron chi connectivity index (χ3n) is 3.04. The average molecular weight is 280 g/mol. The molecule has 5 nitrogen and oxygen atoms in total. The first-order valence-electron chi connectivity index (χ1n) is 6.13. The zero-order valence-corrected chi connectivity index (χ0v) is 11.8.